The van der Waals surface area contributed by atoms with Gasteiger partial charge in [0.1, 0.15) is 0 Å². The molecule has 2 heterocycles. The van der Waals surface area contributed by atoms with Crippen molar-refractivity contribution in [1.29, 1.82) is 0 Å². The zero-order valence-corrected chi connectivity index (χ0v) is 14.2. The second-order valence-corrected chi connectivity index (χ2v) is 7.10. The fourth-order valence-corrected chi connectivity index (χ4v) is 2.86. The van der Waals surface area contributed by atoms with Gasteiger partial charge in [0.15, 0.2) is 0 Å². The lowest BCUT2D eigenvalue weighted by molar-refractivity contribution is -0.350. The standard InChI is InChI=1S/C17H32O4/c1-5-8-9-17(7-3)12-20-15(21-13-17)14-18-10-16(4,6-2)11-19-14/h14-15H,5-13H2,1-4H3. The predicted molar refractivity (Wildman–Crippen MR) is 82.0 cm³/mol. The summed E-state index contributed by atoms with van der Waals surface area (Å²) in [4.78, 5) is 0. The highest BCUT2D eigenvalue weighted by Gasteiger charge is 2.41. The highest BCUT2D eigenvalue weighted by Crippen LogP contribution is 2.36. The van der Waals surface area contributed by atoms with Crippen LogP contribution in [-0.2, 0) is 18.9 Å². The summed E-state index contributed by atoms with van der Waals surface area (Å²) >= 11 is 0. The SMILES string of the molecule is CCCCC1(CC)COC(C2OCC(C)(CC)CO2)OC1. The van der Waals surface area contributed by atoms with Crippen LogP contribution in [0, 0.1) is 10.8 Å². The van der Waals surface area contributed by atoms with Gasteiger partial charge in [-0.2, -0.15) is 0 Å². The minimum atomic E-state index is -0.370. The van der Waals surface area contributed by atoms with E-state index in [1.54, 1.807) is 0 Å². The van der Waals surface area contributed by atoms with Crippen molar-refractivity contribution in [2.45, 2.75) is 72.4 Å². The Balaban J connectivity index is 1.81. The fraction of sp³-hybridized carbons (Fsp3) is 1.00. The van der Waals surface area contributed by atoms with Crippen LogP contribution in [-0.4, -0.2) is 39.0 Å². The average Bonchev–Trinajstić information content (AvgIpc) is 2.54. The number of unbranched alkanes of at least 4 members (excludes halogenated alkanes) is 1. The van der Waals surface area contributed by atoms with Crippen LogP contribution in [0.25, 0.3) is 0 Å². The Bertz CT molecular complexity index is 302. The smallest absolute Gasteiger partial charge is 0.209 e. The molecule has 4 heteroatoms. The highest BCUT2D eigenvalue weighted by atomic mass is 16.8. The molecule has 0 atom stereocenters. The molecular formula is C17H32O4. The van der Waals surface area contributed by atoms with Gasteiger partial charge in [-0.1, -0.05) is 40.5 Å². The third-order valence-electron chi connectivity index (χ3n) is 5.19. The molecule has 0 unspecified atom stereocenters. The van der Waals surface area contributed by atoms with Crippen molar-refractivity contribution in [2.75, 3.05) is 26.4 Å². The predicted octanol–water partition coefficient (Wildman–Crippen LogP) is 3.74. The van der Waals surface area contributed by atoms with E-state index in [4.69, 9.17) is 18.9 Å². The molecule has 0 spiro atoms. The molecule has 0 aromatic carbocycles. The molecule has 2 saturated heterocycles. The Hall–Kier alpha value is -0.160. The summed E-state index contributed by atoms with van der Waals surface area (Å²) in [7, 11) is 0. The van der Waals surface area contributed by atoms with Crippen LogP contribution in [0.2, 0.25) is 0 Å². The number of ether oxygens (including phenoxy) is 4. The first-order valence-electron chi connectivity index (χ1n) is 8.53. The summed E-state index contributed by atoms with van der Waals surface area (Å²) in [6, 6.07) is 0. The quantitative estimate of drug-likeness (QED) is 0.749. The number of hydrogen-bond donors (Lipinski definition) is 0. The molecule has 4 nitrogen and oxygen atoms in total. The lowest BCUT2D eigenvalue weighted by atomic mass is 9.81. The molecule has 0 aromatic heterocycles. The topological polar surface area (TPSA) is 36.9 Å². The maximum Gasteiger partial charge on any atom is 0.209 e. The van der Waals surface area contributed by atoms with Crippen molar-refractivity contribution < 1.29 is 18.9 Å². The van der Waals surface area contributed by atoms with Crippen LogP contribution < -0.4 is 0 Å². The number of hydrogen-bond acceptors (Lipinski definition) is 4. The second kappa shape index (κ2) is 7.40. The van der Waals surface area contributed by atoms with E-state index in [2.05, 4.69) is 27.7 Å². The minimum Gasteiger partial charge on any atom is -0.347 e. The van der Waals surface area contributed by atoms with E-state index in [-0.39, 0.29) is 23.4 Å². The van der Waals surface area contributed by atoms with E-state index >= 15 is 0 Å². The van der Waals surface area contributed by atoms with Crippen LogP contribution in [0.3, 0.4) is 0 Å². The van der Waals surface area contributed by atoms with Gasteiger partial charge in [-0.25, -0.2) is 0 Å². The molecular weight excluding hydrogens is 268 g/mol. The fourth-order valence-electron chi connectivity index (χ4n) is 2.86. The van der Waals surface area contributed by atoms with E-state index in [1.807, 2.05) is 0 Å². The van der Waals surface area contributed by atoms with Gasteiger partial charge in [0, 0.05) is 10.8 Å². The molecule has 2 aliphatic rings. The molecule has 0 radical (unpaired) electrons. The summed E-state index contributed by atoms with van der Waals surface area (Å²) in [6.07, 6.45) is 5.04. The Labute approximate surface area is 129 Å². The lowest BCUT2D eigenvalue weighted by Gasteiger charge is -2.44. The van der Waals surface area contributed by atoms with Gasteiger partial charge in [-0.15, -0.1) is 0 Å². The Morgan fingerprint density at radius 1 is 0.810 bits per heavy atom. The first kappa shape index (κ1) is 17.2. The maximum absolute atomic E-state index is 5.95. The Morgan fingerprint density at radius 3 is 1.76 bits per heavy atom. The normalized spacial score (nSPS) is 41.1. The zero-order valence-electron chi connectivity index (χ0n) is 14.2. The molecule has 0 aliphatic carbocycles. The summed E-state index contributed by atoms with van der Waals surface area (Å²) in [5, 5.41) is 0. The maximum atomic E-state index is 5.95. The molecule has 0 amide bonds. The van der Waals surface area contributed by atoms with E-state index in [1.165, 1.54) is 19.3 Å². The van der Waals surface area contributed by atoms with E-state index in [9.17, 15) is 0 Å². The Kier molecular flexibility index (Phi) is 6.06. The van der Waals surface area contributed by atoms with Crippen LogP contribution >= 0.6 is 0 Å². The molecule has 124 valence electrons. The summed E-state index contributed by atoms with van der Waals surface area (Å²) in [5.41, 5.74) is 0.304. The van der Waals surface area contributed by atoms with Gasteiger partial charge in [0.25, 0.3) is 0 Å². The third-order valence-corrected chi connectivity index (χ3v) is 5.19. The lowest BCUT2D eigenvalue weighted by Crippen LogP contribution is -2.51. The first-order chi connectivity index (χ1) is 10.1. The molecule has 0 bridgehead atoms. The van der Waals surface area contributed by atoms with Crippen LogP contribution in [0.4, 0.5) is 0 Å². The zero-order chi connectivity index (χ0) is 15.3. The van der Waals surface area contributed by atoms with Gasteiger partial charge in [-0.3, -0.25) is 0 Å². The minimum absolute atomic E-state index is 0.124. The van der Waals surface area contributed by atoms with Crippen LogP contribution in [0.15, 0.2) is 0 Å². The van der Waals surface area contributed by atoms with E-state index in [0.29, 0.717) is 13.2 Å². The summed E-state index contributed by atoms with van der Waals surface area (Å²) < 4.78 is 23.6. The van der Waals surface area contributed by atoms with E-state index < -0.39 is 0 Å². The van der Waals surface area contributed by atoms with Crippen molar-refractivity contribution in [3.63, 3.8) is 0 Å². The van der Waals surface area contributed by atoms with Gasteiger partial charge >= 0.3 is 0 Å². The largest absolute Gasteiger partial charge is 0.347 e. The Morgan fingerprint density at radius 2 is 1.33 bits per heavy atom. The van der Waals surface area contributed by atoms with Crippen molar-refractivity contribution >= 4 is 0 Å². The van der Waals surface area contributed by atoms with Crippen LogP contribution in [0.5, 0.6) is 0 Å². The second-order valence-electron chi connectivity index (χ2n) is 7.10. The molecule has 0 aromatic rings. The van der Waals surface area contributed by atoms with Crippen molar-refractivity contribution in [1.82, 2.24) is 0 Å². The molecule has 21 heavy (non-hydrogen) atoms. The van der Waals surface area contributed by atoms with Gasteiger partial charge in [0.05, 0.1) is 26.4 Å². The summed E-state index contributed by atoms with van der Waals surface area (Å²) in [5.74, 6) is 0. The summed E-state index contributed by atoms with van der Waals surface area (Å²) in [6.45, 7) is 11.7. The first-order valence-corrected chi connectivity index (χ1v) is 8.53. The van der Waals surface area contributed by atoms with Gasteiger partial charge in [-0.05, 0) is 19.3 Å². The third kappa shape index (κ3) is 4.19. The van der Waals surface area contributed by atoms with Gasteiger partial charge < -0.3 is 18.9 Å². The van der Waals surface area contributed by atoms with Crippen molar-refractivity contribution in [2.24, 2.45) is 10.8 Å². The highest BCUT2D eigenvalue weighted by molar-refractivity contribution is 4.82. The van der Waals surface area contributed by atoms with Crippen molar-refractivity contribution in [3.05, 3.63) is 0 Å². The molecule has 2 fully saturated rings. The monoisotopic (exact) mass is 300 g/mol. The molecule has 0 saturated carbocycles. The van der Waals surface area contributed by atoms with E-state index in [0.717, 1.165) is 26.1 Å². The molecule has 0 N–H and O–H groups in total. The number of rotatable bonds is 6. The van der Waals surface area contributed by atoms with Gasteiger partial charge in [0.2, 0.25) is 12.6 Å². The average molecular weight is 300 g/mol. The van der Waals surface area contributed by atoms with Crippen molar-refractivity contribution in [3.8, 4) is 0 Å². The molecule has 2 rings (SSSR count). The molecule has 2 aliphatic heterocycles. The van der Waals surface area contributed by atoms with Crippen LogP contribution in [0.1, 0.15) is 59.8 Å².